The van der Waals surface area contributed by atoms with Crippen molar-refractivity contribution in [2.45, 2.75) is 32.0 Å². The number of piperidine rings is 1. The van der Waals surface area contributed by atoms with Crippen LogP contribution in [0.5, 0.6) is 0 Å². The van der Waals surface area contributed by atoms with Crippen molar-refractivity contribution in [3.63, 3.8) is 0 Å². The number of fused-ring (bicyclic) bond motifs is 1. The fourth-order valence-corrected chi connectivity index (χ4v) is 4.37. The van der Waals surface area contributed by atoms with Crippen LogP contribution in [0.15, 0.2) is 28.3 Å². The topological polar surface area (TPSA) is 58.8 Å². The van der Waals surface area contributed by atoms with Gasteiger partial charge in [0.25, 0.3) is 5.91 Å². The summed E-state index contributed by atoms with van der Waals surface area (Å²) in [6.45, 7) is 5.98. The number of morpholine rings is 1. The summed E-state index contributed by atoms with van der Waals surface area (Å²) in [5, 5.41) is 0. The lowest BCUT2D eigenvalue weighted by molar-refractivity contribution is -0.0918. The second-order valence-electron chi connectivity index (χ2n) is 6.34. The van der Waals surface area contributed by atoms with E-state index >= 15 is 0 Å². The molecule has 0 aliphatic carbocycles. The van der Waals surface area contributed by atoms with Crippen LogP contribution in [-0.2, 0) is 11.3 Å². The van der Waals surface area contributed by atoms with Crippen molar-refractivity contribution in [3.05, 3.63) is 40.2 Å². The van der Waals surface area contributed by atoms with E-state index in [4.69, 9.17) is 9.15 Å². The lowest BCUT2D eigenvalue weighted by Crippen LogP contribution is -2.61. The number of carbonyl (C=O) groups is 1. The number of hydrogen-bond donors (Lipinski definition) is 0. The second-order valence-corrected chi connectivity index (χ2v) is 7.28. The van der Waals surface area contributed by atoms with Gasteiger partial charge in [0.1, 0.15) is 0 Å². The Balaban J connectivity index is 1.49. The fraction of sp³-hybridized carbons (Fsp3) is 0.529. The lowest BCUT2D eigenvalue weighted by atomic mass is 9.98. The van der Waals surface area contributed by atoms with Gasteiger partial charge >= 0.3 is 0 Å². The Kier molecular flexibility index (Phi) is 4.39. The summed E-state index contributed by atoms with van der Waals surface area (Å²) in [5.74, 6) is 0.375. The highest BCUT2D eigenvalue weighted by Gasteiger charge is 2.40. The van der Waals surface area contributed by atoms with Gasteiger partial charge in [-0.3, -0.25) is 9.69 Å². The Morgan fingerprint density at radius 1 is 1.46 bits per heavy atom. The SMILES string of the molecule is Cc1ncsc1CN1CC[C@H]2OCCN(C(=O)c3ccco3)[C@@H]2C1. The third-order valence-electron chi connectivity index (χ3n) is 4.87. The molecule has 0 aromatic carbocycles. The first-order valence-electron chi connectivity index (χ1n) is 8.30. The lowest BCUT2D eigenvalue weighted by Gasteiger charge is -2.46. The number of furan rings is 1. The first-order chi connectivity index (χ1) is 11.7. The highest BCUT2D eigenvalue weighted by atomic mass is 32.1. The summed E-state index contributed by atoms with van der Waals surface area (Å²) in [7, 11) is 0. The molecule has 6 nitrogen and oxygen atoms in total. The summed E-state index contributed by atoms with van der Waals surface area (Å²) in [5.41, 5.74) is 3.00. The van der Waals surface area contributed by atoms with Gasteiger partial charge in [-0.2, -0.15) is 0 Å². The van der Waals surface area contributed by atoms with Crippen LogP contribution >= 0.6 is 11.3 Å². The third kappa shape index (κ3) is 2.99. The number of carbonyl (C=O) groups excluding carboxylic acids is 1. The largest absolute Gasteiger partial charge is 0.459 e. The third-order valence-corrected chi connectivity index (χ3v) is 5.79. The van der Waals surface area contributed by atoms with Crippen LogP contribution in [-0.4, -0.2) is 59.1 Å². The molecular formula is C17H21N3O3S. The van der Waals surface area contributed by atoms with E-state index in [9.17, 15) is 4.79 Å². The molecule has 1 amide bonds. The van der Waals surface area contributed by atoms with Crippen molar-refractivity contribution in [1.82, 2.24) is 14.8 Å². The van der Waals surface area contributed by atoms with Crippen LogP contribution < -0.4 is 0 Å². The average molecular weight is 347 g/mol. The summed E-state index contributed by atoms with van der Waals surface area (Å²) < 4.78 is 11.2. The quantitative estimate of drug-likeness (QED) is 0.852. The van der Waals surface area contributed by atoms with Gasteiger partial charge in [-0.05, 0) is 25.5 Å². The van der Waals surface area contributed by atoms with Gasteiger partial charge < -0.3 is 14.1 Å². The second kappa shape index (κ2) is 6.66. The molecule has 0 spiro atoms. The molecule has 4 heterocycles. The van der Waals surface area contributed by atoms with E-state index in [1.165, 1.54) is 4.88 Å². The Bertz CT molecular complexity index is 700. The maximum atomic E-state index is 12.7. The maximum absolute atomic E-state index is 12.7. The van der Waals surface area contributed by atoms with E-state index in [-0.39, 0.29) is 18.1 Å². The number of ether oxygens (including phenoxy) is 1. The Labute approximate surface area is 145 Å². The van der Waals surface area contributed by atoms with Gasteiger partial charge in [-0.15, -0.1) is 11.3 Å². The van der Waals surface area contributed by atoms with Crippen molar-refractivity contribution >= 4 is 17.2 Å². The van der Waals surface area contributed by atoms with Crippen molar-refractivity contribution in [2.75, 3.05) is 26.2 Å². The van der Waals surface area contributed by atoms with Gasteiger partial charge in [-0.1, -0.05) is 0 Å². The Morgan fingerprint density at radius 2 is 2.38 bits per heavy atom. The minimum atomic E-state index is -0.0332. The summed E-state index contributed by atoms with van der Waals surface area (Å²) in [6.07, 6.45) is 2.62. The van der Waals surface area contributed by atoms with Crippen LogP contribution in [0.3, 0.4) is 0 Å². The van der Waals surface area contributed by atoms with Crippen molar-refractivity contribution in [2.24, 2.45) is 0 Å². The monoisotopic (exact) mass is 347 g/mol. The molecule has 7 heteroatoms. The van der Waals surface area contributed by atoms with Gasteiger partial charge in [-0.25, -0.2) is 4.98 Å². The Hall–Kier alpha value is -1.70. The molecule has 0 N–H and O–H groups in total. The molecular weight excluding hydrogens is 326 g/mol. The van der Waals surface area contributed by atoms with Crippen LogP contribution in [0.1, 0.15) is 27.5 Å². The number of likely N-dealkylation sites (tertiary alicyclic amines) is 1. The van der Waals surface area contributed by atoms with Gasteiger partial charge in [0.15, 0.2) is 5.76 Å². The molecule has 2 saturated heterocycles. The molecule has 128 valence electrons. The first kappa shape index (κ1) is 15.8. The molecule has 2 aromatic rings. The van der Waals surface area contributed by atoms with Crippen LogP contribution in [0.4, 0.5) is 0 Å². The average Bonchev–Trinajstić information content (AvgIpc) is 3.26. The Morgan fingerprint density at radius 3 is 3.12 bits per heavy atom. The number of amides is 1. The number of nitrogens with zero attached hydrogens (tertiary/aromatic N) is 3. The smallest absolute Gasteiger partial charge is 0.290 e. The molecule has 0 bridgehead atoms. The van der Waals surface area contributed by atoms with Crippen LogP contribution in [0.2, 0.25) is 0 Å². The molecule has 2 atom stereocenters. The number of aryl methyl sites for hydroxylation is 1. The predicted octanol–water partition coefficient (Wildman–Crippen LogP) is 2.16. The summed E-state index contributed by atoms with van der Waals surface area (Å²) in [6, 6.07) is 3.57. The van der Waals surface area contributed by atoms with E-state index in [1.807, 2.05) is 10.4 Å². The van der Waals surface area contributed by atoms with Gasteiger partial charge in [0.2, 0.25) is 0 Å². The zero-order chi connectivity index (χ0) is 16.5. The van der Waals surface area contributed by atoms with Gasteiger partial charge in [0, 0.05) is 31.1 Å². The predicted molar refractivity (Wildman–Crippen MR) is 90.0 cm³/mol. The number of hydrogen-bond acceptors (Lipinski definition) is 6. The maximum Gasteiger partial charge on any atom is 0.290 e. The normalized spacial score (nSPS) is 24.8. The van der Waals surface area contributed by atoms with Crippen LogP contribution in [0.25, 0.3) is 0 Å². The number of rotatable bonds is 3. The molecule has 0 saturated carbocycles. The van der Waals surface area contributed by atoms with Crippen molar-refractivity contribution in [3.8, 4) is 0 Å². The minimum absolute atomic E-state index is 0.0332. The molecule has 2 aliphatic rings. The molecule has 2 aromatic heterocycles. The minimum Gasteiger partial charge on any atom is -0.459 e. The number of thiazole rings is 1. The van der Waals surface area contributed by atoms with E-state index in [0.29, 0.717) is 18.9 Å². The van der Waals surface area contributed by atoms with Gasteiger partial charge in [0.05, 0.1) is 36.2 Å². The molecule has 2 aliphatic heterocycles. The fourth-order valence-electron chi connectivity index (χ4n) is 3.56. The van der Waals surface area contributed by atoms with Crippen molar-refractivity contribution < 1.29 is 13.9 Å². The first-order valence-corrected chi connectivity index (χ1v) is 9.18. The van der Waals surface area contributed by atoms with E-state index in [0.717, 1.165) is 31.7 Å². The summed E-state index contributed by atoms with van der Waals surface area (Å²) >= 11 is 1.70. The molecule has 2 fully saturated rings. The molecule has 4 rings (SSSR count). The standard InChI is InChI=1S/C17H21N3O3S/c1-12-16(24-11-18-12)10-19-5-4-14-13(9-19)20(6-8-23-14)17(21)15-3-2-7-22-15/h2-3,7,11,13-14H,4-6,8-10H2,1H3/t13-,14-/m1/s1. The molecule has 0 unspecified atom stereocenters. The molecule has 0 radical (unpaired) electrons. The van der Waals surface area contributed by atoms with E-state index in [1.54, 1.807) is 29.7 Å². The highest BCUT2D eigenvalue weighted by Crippen LogP contribution is 2.26. The highest BCUT2D eigenvalue weighted by molar-refractivity contribution is 7.09. The summed E-state index contributed by atoms with van der Waals surface area (Å²) in [4.78, 5) is 22.7. The zero-order valence-electron chi connectivity index (χ0n) is 13.7. The number of aromatic nitrogens is 1. The van der Waals surface area contributed by atoms with E-state index in [2.05, 4.69) is 16.8 Å². The zero-order valence-corrected chi connectivity index (χ0v) is 14.5. The van der Waals surface area contributed by atoms with E-state index < -0.39 is 0 Å². The van der Waals surface area contributed by atoms with Crippen LogP contribution in [0, 0.1) is 6.92 Å². The van der Waals surface area contributed by atoms with Crippen molar-refractivity contribution in [1.29, 1.82) is 0 Å². The molecule has 24 heavy (non-hydrogen) atoms.